The molecule has 0 atom stereocenters. The van der Waals surface area contributed by atoms with E-state index in [0.717, 1.165) is 38.7 Å². The molecule has 2 amide bonds. The lowest BCUT2D eigenvalue weighted by molar-refractivity contribution is -0.120. The highest BCUT2D eigenvalue weighted by Crippen LogP contribution is 2.37. The van der Waals surface area contributed by atoms with Gasteiger partial charge in [0.05, 0.1) is 11.3 Å². The minimum absolute atomic E-state index is 0.295. The Balaban J connectivity index is 1.68. The van der Waals surface area contributed by atoms with Gasteiger partial charge in [0.2, 0.25) is 0 Å². The van der Waals surface area contributed by atoms with Gasteiger partial charge in [-0.1, -0.05) is 77.9 Å². The second kappa shape index (κ2) is 8.06. The standard InChI is InChI=1S/C29H24N2O2/c1-18-11-14-22(15-12-18)30-27-26(23-16-13-19(2)17-20(23)3)28(32)31(29(27)33)25-10-6-8-21-7-4-5-9-24(21)25/h4-17,30H,1-3H3. The number of aryl methyl sites for hydroxylation is 3. The summed E-state index contributed by atoms with van der Waals surface area (Å²) >= 11 is 0. The molecule has 1 N–H and O–H groups in total. The lowest BCUT2D eigenvalue weighted by Gasteiger charge is -2.18. The molecule has 0 aliphatic carbocycles. The van der Waals surface area contributed by atoms with Crippen LogP contribution < -0.4 is 10.2 Å². The van der Waals surface area contributed by atoms with Gasteiger partial charge >= 0.3 is 0 Å². The number of amides is 2. The summed E-state index contributed by atoms with van der Waals surface area (Å²) in [4.78, 5) is 28.9. The lowest BCUT2D eigenvalue weighted by atomic mass is 9.97. The van der Waals surface area contributed by atoms with Gasteiger partial charge in [-0.15, -0.1) is 0 Å². The van der Waals surface area contributed by atoms with Gasteiger partial charge in [0.15, 0.2) is 0 Å². The van der Waals surface area contributed by atoms with Gasteiger partial charge < -0.3 is 5.32 Å². The molecule has 162 valence electrons. The summed E-state index contributed by atoms with van der Waals surface area (Å²) in [7, 11) is 0. The summed E-state index contributed by atoms with van der Waals surface area (Å²) in [6.07, 6.45) is 0. The molecular weight excluding hydrogens is 408 g/mol. The van der Waals surface area contributed by atoms with Gasteiger partial charge in [-0.2, -0.15) is 0 Å². The molecule has 4 aromatic carbocycles. The molecule has 0 unspecified atom stereocenters. The summed E-state index contributed by atoms with van der Waals surface area (Å²) in [5.41, 5.74) is 5.98. The van der Waals surface area contributed by atoms with Crippen LogP contribution in [-0.2, 0) is 9.59 Å². The van der Waals surface area contributed by atoms with E-state index in [4.69, 9.17) is 0 Å². The predicted molar refractivity (Wildman–Crippen MR) is 134 cm³/mol. The van der Waals surface area contributed by atoms with E-state index in [-0.39, 0.29) is 11.8 Å². The topological polar surface area (TPSA) is 49.4 Å². The van der Waals surface area contributed by atoms with Crippen molar-refractivity contribution < 1.29 is 9.59 Å². The van der Waals surface area contributed by atoms with E-state index in [1.807, 2.05) is 106 Å². The van der Waals surface area contributed by atoms with Crippen LogP contribution in [0.15, 0.2) is 90.6 Å². The Labute approximate surface area is 193 Å². The van der Waals surface area contributed by atoms with Crippen LogP contribution in [0.5, 0.6) is 0 Å². The second-order valence-corrected chi connectivity index (χ2v) is 8.50. The SMILES string of the molecule is Cc1ccc(NC2=C(c3ccc(C)cc3C)C(=O)N(c3cccc4ccccc34)C2=O)cc1. The summed E-state index contributed by atoms with van der Waals surface area (Å²) in [5.74, 6) is -0.676. The van der Waals surface area contributed by atoms with Crippen molar-refractivity contribution in [1.82, 2.24) is 0 Å². The highest BCUT2D eigenvalue weighted by molar-refractivity contribution is 6.47. The van der Waals surface area contributed by atoms with Crippen LogP contribution >= 0.6 is 0 Å². The highest BCUT2D eigenvalue weighted by Gasteiger charge is 2.41. The molecule has 0 bridgehead atoms. The molecule has 0 radical (unpaired) electrons. The van der Waals surface area contributed by atoms with E-state index < -0.39 is 0 Å². The molecule has 4 nitrogen and oxygen atoms in total. The fraction of sp³-hybridized carbons (Fsp3) is 0.103. The Morgan fingerprint density at radius 2 is 1.39 bits per heavy atom. The first kappa shape index (κ1) is 20.7. The molecule has 0 spiro atoms. The van der Waals surface area contributed by atoms with Gasteiger partial charge in [0.1, 0.15) is 5.70 Å². The Bertz CT molecular complexity index is 1440. The molecule has 0 aromatic heterocycles. The van der Waals surface area contributed by atoms with E-state index in [0.29, 0.717) is 17.0 Å². The molecule has 5 rings (SSSR count). The van der Waals surface area contributed by atoms with Gasteiger partial charge in [0, 0.05) is 11.1 Å². The zero-order valence-electron chi connectivity index (χ0n) is 18.8. The monoisotopic (exact) mass is 432 g/mol. The number of hydrogen-bond donors (Lipinski definition) is 1. The van der Waals surface area contributed by atoms with E-state index in [1.165, 1.54) is 4.90 Å². The number of anilines is 2. The van der Waals surface area contributed by atoms with Crippen LogP contribution in [0.1, 0.15) is 22.3 Å². The molecule has 0 fully saturated rings. The first-order chi connectivity index (χ1) is 15.9. The number of nitrogens with one attached hydrogen (secondary N) is 1. The van der Waals surface area contributed by atoms with Gasteiger partial charge in [0.25, 0.3) is 11.8 Å². The molecule has 4 heteroatoms. The first-order valence-electron chi connectivity index (χ1n) is 11.0. The minimum Gasteiger partial charge on any atom is -0.350 e. The van der Waals surface area contributed by atoms with Crippen LogP contribution in [0, 0.1) is 20.8 Å². The predicted octanol–water partition coefficient (Wildman–Crippen LogP) is 6.16. The summed E-state index contributed by atoms with van der Waals surface area (Å²) in [5, 5.41) is 5.09. The number of carbonyl (C=O) groups excluding carboxylic acids is 2. The molecule has 0 saturated carbocycles. The van der Waals surface area contributed by atoms with Crippen LogP contribution in [0.25, 0.3) is 16.3 Å². The van der Waals surface area contributed by atoms with Crippen molar-refractivity contribution >= 4 is 39.5 Å². The Kier molecular flexibility index (Phi) is 5.06. The number of imide groups is 1. The first-order valence-corrected chi connectivity index (χ1v) is 11.0. The van der Waals surface area contributed by atoms with Crippen molar-refractivity contribution in [3.8, 4) is 0 Å². The van der Waals surface area contributed by atoms with Gasteiger partial charge in [-0.25, -0.2) is 4.90 Å². The number of nitrogens with zero attached hydrogens (tertiary/aromatic N) is 1. The smallest absolute Gasteiger partial charge is 0.282 e. The third kappa shape index (κ3) is 3.60. The van der Waals surface area contributed by atoms with Crippen LogP contribution in [-0.4, -0.2) is 11.8 Å². The lowest BCUT2D eigenvalue weighted by Crippen LogP contribution is -2.32. The number of fused-ring (bicyclic) bond motifs is 1. The van der Waals surface area contributed by atoms with Crippen molar-refractivity contribution in [2.45, 2.75) is 20.8 Å². The maximum Gasteiger partial charge on any atom is 0.282 e. The zero-order chi connectivity index (χ0) is 23.1. The Morgan fingerprint density at radius 1 is 0.697 bits per heavy atom. The third-order valence-corrected chi connectivity index (χ3v) is 6.06. The maximum atomic E-state index is 13.9. The average molecular weight is 433 g/mol. The molecule has 0 saturated heterocycles. The Morgan fingerprint density at radius 3 is 2.15 bits per heavy atom. The maximum absolute atomic E-state index is 13.9. The number of carbonyl (C=O) groups is 2. The van der Waals surface area contributed by atoms with Gasteiger partial charge in [-0.05, 0) is 55.5 Å². The van der Waals surface area contributed by atoms with Crippen molar-refractivity contribution in [2.75, 3.05) is 10.2 Å². The fourth-order valence-corrected chi connectivity index (χ4v) is 4.39. The second-order valence-electron chi connectivity index (χ2n) is 8.50. The number of rotatable bonds is 4. The molecular formula is C29H24N2O2. The van der Waals surface area contributed by atoms with E-state index in [1.54, 1.807) is 0 Å². The van der Waals surface area contributed by atoms with Gasteiger partial charge in [-0.3, -0.25) is 9.59 Å². The molecule has 1 aliphatic heterocycles. The number of hydrogen-bond acceptors (Lipinski definition) is 3. The average Bonchev–Trinajstić information content (AvgIpc) is 3.04. The van der Waals surface area contributed by atoms with Crippen LogP contribution in [0.3, 0.4) is 0 Å². The number of benzene rings is 4. The molecule has 1 aliphatic rings. The third-order valence-electron chi connectivity index (χ3n) is 6.06. The van der Waals surface area contributed by atoms with E-state index in [2.05, 4.69) is 5.32 Å². The van der Waals surface area contributed by atoms with E-state index in [9.17, 15) is 9.59 Å². The van der Waals surface area contributed by atoms with Crippen molar-refractivity contribution in [3.05, 3.63) is 113 Å². The molecule has 1 heterocycles. The van der Waals surface area contributed by atoms with E-state index >= 15 is 0 Å². The largest absolute Gasteiger partial charge is 0.350 e. The summed E-state index contributed by atoms with van der Waals surface area (Å²) < 4.78 is 0. The molecule has 4 aromatic rings. The molecule has 33 heavy (non-hydrogen) atoms. The van der Waals surface area contributed by atoms with Crippen molar-refractivity contribution in [1.29, 1.82) is 0 Å². The quantitative estimate of drug-likeness (QED) is 0.393. The summed E-state index contributed by atoms with van der Waals surface area (Å²) in [6, 6.07) is 27.2. The van der Waals surface area contributed by atoms with Crippen LogP contribution in [0.4, 0.5) is 11.4 Å². The Hall–Kier alpha value is -4.18. The fourth-order valence-electron chi connectivity index (χ4n) is 4.39. The van der Waals surface area contributed by atoms with Crippen LogP contribution in [0.2, 0.25) is 0 Å². The highest BCUT2D eigenvalue weighted by atomic mass is 16.2. The zero-order valence-corrected chi connectivity index (χ0v) is 18.8. The van der Waals surface area contributed by atoms with Crippen molar-refractivity contribution in [2.24, 2.45) is 0 Å². The minimum atomic E-state index is -0.355. The normalized spacial score (nSPS) is 13.8. The van der Waals surface area contributed by atoms with Crippen molar-refractivity contribution in [3.63, 3.8) is 0 Å². The summed E-state index contributed by atoms with van der Waals surface area (Å²) in [6.45, 7) is 5.99.